The Morgan fingerprint density at radius 3 is 2.41 bits per heavy atom. The van der Waals surface area contributed by atoms with E-state index in [-0.39, 0.29) is 11.5 Å². The van der Waals surface area contributed by atoms with Crippen LogP contribution in [0, 0.1) is 6.92 Å². The molecule has 4 nitrogen and oxygen atoms in total. The molecule has 2 aromatic rings. The number of phenolic OH excluding ortho intramolecular Hbond substituents is 1. The molecule has 0 bridgehead atoms. The smallest absolute Gasteiger partial charge is 0.198 e. The van der Waals surface area contributed by atoms with Crippen molar-refractivity contribution in [1.82, 2.24) is 9.78 Å². The van der Waals surface area contributed by atoms with Crippen LogP contribution < -0.4 is 0 Å². The lowest BCUT2D eigenvalue weighted by molar-refractivity contribution is 0.103. The van der Waals surface area contributed by atoms with E-state index in [2.05, 4.69) is 5.10 Å². The van der Waals surface area contributed by atoms with E-state index in [4.69, 9.17) is 16.7 Å². The molecule has 0 saturated heterocycles. The van der Waals surface area contributed by atoms with Crippen molar-refractivity contribution in [2.75, 3.05) is 0 Å². The Morgan fingerprint density at radius 1 is 1.35 bits per heavy atom. The van der Waals surface area contributed by atoms with E-state index in [0.717, 1.165) is 0 Å². The number of halogens is 1. The molecule has 0 atom stereocenters. The molecule has 5 heteroatoms. The quantitative estimate of drug-likeness (QED) is 0.833. The van der Waals surface area contributed by atoms with Gasteiger partial charge in [-0.2, -0.15) is 5.10 Å². The standard InChI is InChI=1S/C12H11ClN2O2/c1-7-10(12(13)15(2)14-7)11(17)8-3-5-9(16)6-4-8/h3-6,16H,1-2H3. The van der Waals surface area contributed by atoms with E-state index in [1.165, 1.54) is 16.8 Å². The maximum Gasteiger partial charge on any atom is 0.198 e. The van der Waals surface area contributed by atoms with Crippen molar-refractivity contribution in [2.45, 2.75) is 6.92 Å². The van der Waals surface area contributed by atoms with Gasteiger partial charge in [-0.05, 0) is 31.2 Å². The zero-order valence-electron chi connectivity index (χ0n) is 9.44. The molecule has 1 N–H and O–H groups in total. The Bertz CT molecular complexity index is 573. The van der Waals surface area contributed by atoms with E-state index in [1.807, 2.05) is 0 Å². The topological polar surface area (TPSA) is 55.1 Å². The van der Waals surface area contributed by atoms with Crippen LogP contribution in [0.4, 0.5) is 0 Å². The minimum Gasteiger partial charge on any atom is -0.508 e. The van der Waals surface area contributed by atoms with Crippen molar-refractivity contribution < 1.29 is 9.90 Å². The summed E-state index contributed by atoms with van der Waals surface area (Å²) in [6.45, 7) is 1.74. The number of aromatic hydroxyl groups is 1. The summed E-state index contributed by atoms with van der Waals surface area (Å²) in [5.74, 6) is -0.0730. The lowest BCUT2D eigenvalue weighted by Crippen LogP contribution is -2.02. The maximum absolute atomic E-state index is 12.2. The third-order valence-corrected chi connectivity index (χ3v) is 2.94. The number of nitrogens with zero attached hydrogens (tertiary/aromatic N) is 2. The number of phenols is 1. The van der Waals surface area contributed by atoms with E-state index < -0.39 is 0 Å². The molecule has 2 rings (SSSR count). The zero-order valence-corrected chi connectivity index (χ0v) is 10.2. The molecule has 0 aliphatic carbocycles. The Hall–Kier alpha value is -1.81. The van der Waals surface area contributed by atoms with Crippen LogP contribution >= 0.6 is 11.6 Å². The third-order valence-electron chi connectivity index (χ3n) is 2.51. The fourth-order valence-corrected chi connectivity index (χ4v) is 1.91. The van der Waals surface area contributed by atoms with Gasteiger partial charge in [0.2, 0.25) is 0 Å². The summed E-state index contributed by atoms with van der Waals surface area (Å²) < 4.78 is 1.46. The highest BCUT2D eigenvalue weighted by Crippen LogP contribution is 2.23. The molecule has 0 amide bonds. The molecule has 0 radical (unpaired) electrons. The van der Waals surface area contributed by atoms with E-state index in [0.29, 0.717) is 22.0 Å². The van der Waals surface area contributed by atoms with Gasteiger partial charge in [0.1, 0.15) is 10.9 Å². The summed E-state index contributed by atoms with van der Waals surface area (Å²) >= 11 is 6.02. The molecule has 0 aliphatic rings. The zero-order chi connectivity index (χ0) is 12.6. The van der Waals surface area contributed by atoms with Crippen molar-refractivity contribution in [1.29, 1.82) is 0 Å². The third kappa shape index (κ3) is 2.03. The average Bonchev–Trinajstić information content (AvgIpc) is 2.53. The summed E-state index contributed by atoms with van der Waals surface area (Å²) in [4.78, 5) is 12.2. The van der Waals surface area contributed by atoms with E-state index >= 15 is 0 Å². The fourth-order valence-electron chi connectivity index (χ4n) is 1.65. The lowest BCUT2D eigenvalue weighted by atomic mass is 10.0. The van der Waals surface area contributed by atoms with Gasteiger partial charge < -0.3 is 5.11 Å². The van der Waals surface area contributed by atoms with Crippen LogP contribution in [0.15, 0.2) is 24.3 Å². The number of carbonyl (C=O) groups excluding carboxylic acids is 1. The Kier molecular flexibility index (Phi) is 2.90. The predicted molar refractivity (Wildman–Crippen MR) is 64.5 cm³/mol. The monoisotopic (exact) mass is 250 g/mol. The van der Waals surface area contributed by atoms with Gasteiger partial charge in [0.25, 0.3) is 0 Å². The van der Waals surface area contributed by atoms with Gasteiger partial charge in [-0.25, -0.2) is 0 Å². The van der Waals surface area contributed by atoms with Crippen LogP contribution in [0.2, 0.25) is 5.15 Å². The predicted octanol–water partition coefficient (Wildman–Crippen LogP) is 2.32. The molecule has 88 valence electrons. The number of carbonyl (C=O) groups is 1. The van der Waals surface area contributed by atoms with Gasteiger partial charge in [-0.3, -0.25) is 9.48 Å². The molecular formula is C12H11ClN2O2. The fraction of sp³-hybridized carbons (Fsp3) is 0.167. The number of ketones is 1. The molecule has 1 heterocycles. The SMILES string of the molecule is Cc1nn(C)c(Cl)c1C(=O)c1ccc(O)cc1. The summed E-state index contributed by atoms with van der Waals surface area (Å²) in [7, 11) is 1.68. The van der Waals surface area contributed by atoms with Crippen molar-refractivity contribution in [2.24, 2.45) is 7.05 Å². The van der Waals surface area contributed by atoms with Crippen LogP contribution in [0.25, 0.3) is 0 Å². The number of benzene rings is 1. The number of hydrogen-bond donors (Lipinski definition) is 1. The number of rotatable bonds is 2. The summed E-state index contributed by atoms with van der Waals surface area (Å²) in [5.41, 5.74) is 1.47. The van der Waals surface area contributed by atoms with Crippen LogP contribution in [0.5, 0.6) is 5.75 Å². The summed E-state index contributed by atoms with van der Waals surface area (Å²) in [6, 6.07) is 6.04. The second-order valence-electron chi connectivity index (χ2n) is 3.75. The Balaban J connectivity index is 2.47. The number of aryl methyl sites for hydroxylation is 2. The first-order chi connectivity index (χ1) is 8.00. The van der Waals surface area contributed by atoms with Crippen molar-refractivity contribution in [3.63, 3.8) is 0 Å². The van der Waals surface area contributed by atoms with Gasteiger partial charge >= 0.3 is 0 Å². The number of hydrogen-bond acceptors (Lipinski definition) is 3. The highest BCUT2D eigenvalue weighted by atomic mass is 35.5. The van der Waals surface area contributed by atoms with Crippen molar-refractivity contribution in [3.05, 3.63) is 46.2 Å². The van der Waals surface area contributed by atoms with Gasteiger partial charge in [-0.15, -0.1) is 0 Å². The highest BCUT2D eigenvalue weighted by Gasteiger charge is 2.20. The van der Waals surface area contributed by atoms with Gasteiger partial charge in [-0.1, -0.05) is 11.6 Å². The Morgan fingerprint density at radius 2 is 1.94 bits per heavy atom. The highest BCUT2D eigenvalue weighted by molar-refractivity contribution is 6.34. The van der Waals surface area contributed by atoms with Crippen LogP contribution in [0.3, 0.4) is 0 Å². The maximum atomic E-state index is 12.2. The van der Waals surface area contributed by atoms with E-state index in [1.54, 1.807) is 26.1 Å². The van der Waals surface area contributed by atoms with Gasteiger partial charge in [0.05, 0.1) is 11.3 Å². The molecule has 0 unspecified atom stereocenters. The molecule has 0 saturated carbocycles. The van der Waals surface area contributed by atoms with Gasteiger partial charge in [0, 0.05) is 12.6 Å². The Labute approximate surface area is 103 Å². The molecule has 1 aromatic heterocycles. The molecular weight excluding hydrogens is 240 g/mol. The molecule has 17 heavy (non-hydrogen) atoms. The lowest BCUT2D eigenvalue weighted by Gasteiger charge is -2.01. The molecule has 0 aliphatic heterocycles. The summed E-state index contributed by atoms with van der Waals surface area (Å²) in [5, 5.41) is 13.6. The minimum atomic E-state index is -0.194. The van der Waals surface area contributed by atoms with Crippen LogP contribution in [-0.4, -0.2) is 20.7 Å². The van der Waals surface area contributed by atoms with E-state index in [9.17, 15) is 4.79 Å². The first kappa shape index (κ1) is 11.7. The van der Waals surface area contributed by atoms with Crippen molar-refractivity contribution in [3.8, 4) is 5.75 Å². The first-order valence-electron chi connectivity index (χ1n) is 5.03. The normalized spacial score (nSPS) is 10.5. The van der Waals surface area contributed by atoms with Crippen LogP contribution in [-0.2, 0) is 7.05 Å². The first-order valence-corrected chi connectivity index (χ1v) is 5.41. The molecule has 1 aromatic carbocycles. The van der Waals surface area contributed by atoms with Crippen LogP contribution in [0.1, 0.15) is 21.6 Å². The van der Waals surface area contributed by atoms with Gasteiger partial charge in [0.15, 0.2) is 5.78 Å². The average molecular weight is 251 g/mol. The largest absolute Gasteiger partial charge is 0.508 e. The van der Waals surface area contributed by atoms with Crippen molar-refractivity contribution >= 4 is 17.4 Å². The summed E-state index contributed by atoms with van der Waals surface area (Å²) in [6.07, 6.45) is 0. The molecule has 0 spiro atoms. The molecule has 0 fully saturated rings. The number of aromatic nitrogens is 2. The second-order valence-corrected chi connectivity index (χ2v) is 4.11. The second kappa shape index (κ2) is 4.22. The minimum absolute atomic E-state index is 0.121.